The average Bonchev–Trinajstić information content (AvgIpc) is 2.35. The standard InChI is InChI=1S/C11H12F3NO6S2/c1-7(10(16)6-22(15,17)18)8-2-4-9(5-3-8)21-23(19,20)11(12,13)14/h2-5,7H,6H2,1H3,(H2,15,17,18)/t7-/m1/s1. The van der Waals surface area contributed by atoms with E-state index in [1.165, 1.54) is 6.92 Å². The summed E-state index contributed by atoms with van der Waals surface area (Å²) in [6.45, 7) is 1.37. The fourth-order valence-electron chi connectivity index (χ4n) is 1.50. The van der Waals surface area contributed by atoms with Gasteiger partial charge in [-0.2, -0.15) is 21.6 Å². The molecule has 0 fully saturated rings. The van der Waals surface area contributed by atoms with Crippen LogP contribution in [-0.2, 0) is 24.9 Å². The zero-order chi connectivity index (χ0) is 18.1. The Labute approximate surface area is 130 Å². The maximum atomic E-state index is 12.2. The van der Waals surface area contributed by atoms with E-state index < -0.39 is 48.9 Å². The van der Waals surface area contributed by atoms with Crippen LogP contribution < -0.4 is 9.32 Å². The molecule has 0 heterocycles. The number of rotatable bonds is 6. The lowest BCUT2D eigenvalue weighted by Crippen LogP contribution is -2.28. The molecule has 0 aliphatic rings. The first-order chi connectivity index (χ1) is 10.2. The van der Waals surface area contributed by atoms with Crippen LogP contribution in [0.5, 0.6) is 5.75 Å². The van der Waals surface area contributed by atoms with Gasteiger partial charge in [-0.1, -0.05) is 19.1 Å². The topological polar surface area (TPSA) is 121 Å². The molecule has 0 radical (unpaired) electrons. The van der Waals surface area contributed by atoms with Gasteiger partial charge in [-0.3, -0.25) is 4.79 Å². The van der Waals surface area contributed by atoms with Gasteiger partial charge in [0.05, 0.1) is 0 Å². The summed E-state index contributed by atoms with van der Waals surface area (Å²) in [5.41, 5.74) is -5.31. The van der Waals surface area contributed by atoms with Crippen molar-refractivity contribution < 1.29 is 39.0 Å². The van der Waals surface area contributed by atoms with Gasteiger partial charge in [0.2, 0.25) is 10.0 Å². The van der Waals surface area contributed by atoms with Crippen molar-refractivity contribution in [1.29, 1.82) is 0 Å². The number of nitrogens with two attached hydrogens (primary N) is 1. The summed E-state index contributed by atoms with van der Waals surface area (Å²) in [4.78, 5) is 11.7. The zero-order valence-electron chi connectivity index (χ0n) is 11.6. The van der Waals surface area contributed by atoms with Gasteiger partial charge in [0.25, 0.3) is 0 Å². The number of alkyl halides is 3. The van der Waals surface area contributed by atoms with Crippen LogP contribution in [0, 0.1) is 0 Å². The molecule has 0 amide bonds. The highest BCUT2D eigenvalue weighted by Gasteiger charge is 2.48. The van der Waals surface area contributed by atoms with Gasteiger partial charge in [-0.25, -0.2) is 13.6 Å². The molecule has 7 nitrogen and oxygen atoms in total. The minimum absolute atomic E-state index is 0.260. The zero-order valence-corrected chi connectivity index (χ0v) is 13.2. The van der Waals surface area contributed by atoms with Gasteiger partial charge in [0.1, 0.15) is 11.5 Å². The first kappa shape index (κ1) is 19.4. The second-order valence-corrected chi connectivity index (χ2v) is 7.70. The predicted octanol–water partition coefficient (Wildman–Crippen LogP) is 0.876. The minimum Gasteiger partial charge on any atom is -0.376 e. The molecule has 1 rings (SSSR count). The van der Waals surface area contributed by atoms with Gasteiger partial charge in [-0.05, 0) is 17.7 Å². The van der Waals surface area contributed by atoms with Crippen molar-refractivity contribution in [2.75, 3.05) is 5.75 Å². The molecule has 0 spiro atoms. The Hall–Kier alpha value is -1.66. The van der Waals surface area contributed by atoms with Crippen LogP contribution in [0.4, 0.5) is 13.2 Å². The monoisotopic (exact) mass is 375 g/mol. The first-order valence-corrected chi connectivity index (χ1v) is 8.99. The van der Waals surface area contributed by atoms with Gasteiger partial charge in [0.15, 0.2) is 5.78 Å². The molecule has 0 saturated heterocycles. The lowest BCUT2D eigenvalue weighted by molar-refractivity contribution is -0.117. The molecule has 1 aromatic carbocycles. The first-order valence-electron chi connectivity index (χ1n) is 5.87. The number of benzene rings is 1. The Morgan fingerprint density at radius 3 is 2.04 bits per heavy atom. The third-order valence-corrected chi connectivity index (χ3v) is 4.36. The minimum atomic E-state index is -5.79. The fraction of sp³-hybridized carbons (Fsp3) is 0.364. The van der Waals surface area contributed by atoms with Gasteiger partial charge < -0.3 is 4.18 Å². The Balaban J connectivity index is 2.91. The fourth-order valence-corrected chi connectivity index (χ4v) is 2.60. The molecule has 0 aromatic heterocycles. The Morgan fingerprint density at radius 2 is 1.65 bits per heavy atom. The molecule has 12 heteroatoms. The number of ketones is 1. The van der Waals surface area contributed by atoms with Crippen LogP contribution in [0.3, 0.4) is 0 Å². The normalized spacial score (nSPS) is 14.3. The summed E-state index contributed by atoms with van der Waals surface area (Å²) in [5.74, 6) is -3.11. The predicted molar refractivity (Wildman–Crippen MR) is 73.4 cm³/mol. The smallest absolute Gasteiger partial charge is 0.376 e. The van der Waals surface area contributed by atoms with Crippen molar-refractivity contribution in [2.24, 2.45) is 5.14 Å². The van der Waals surface area contributed by atoms with E-state index in [1.54, 1.807) is 0 Å². The third-order valence-electron chi connectivity index (χ3n) is 2.70. The van der Waals surface area contributed by atoms with Crippen molar-refractivity contribution in [3.8, 4) is 5.75 Å². The van der Waals surface area contributed by atoms with Crippen molar-refractivity contribution in [1.82, 2.24) is 0 Å². The largest absolute Gasteiger partial charge is 0.534 e. The number of carbonyl (C=O) groups excluding carboxylic acids is 1. The van der Waals surface area contributed by atoms with Crippen molar-refractivity contribution >= 4 is 25.9 Å². The van der Waals surface area contributed by atoms with Gasteiger partial charge in [-0.15, -0.1) is 0 Å². The van der Waals surface area contributed by atoms with Crippen LogP contribution in [0.15, 0.2) is 24.3 Å². The highest BCUT2D eigenvalue weighted by atomic mass is 32.2. The number of sulfonamides is 1. The molecular weight excluding hydrogens is 363 g/mol. The van der Waals surface area contributed by atoms with E-state index in [0.29, 0.717) is 0 Å². The number of hydrogen-bond acceptors (Lipinski definition) is 6. The summed E-state index contributed by atoms with van der Waals surface area (Å²) < 4.78 is 83.7. The van der Waals surface area contributed by atoms with Crippen molar-refractivity contribution in [3.63, 3.8) is 0 Å². The maximum Gasteiger partial charge on any atom is 0.534 e. The van der Waals surface area contributed by atoms with Crippen LogP contribution >= 0.6 is 0 Å². The van der Waals surface area contributed by atoms with E-state index in [1.807, 2.05) is 0 Å². The van der Waals surface area contributed by atoms with E-state index >= 15 is 0 Å². The Kier molecular flexibility index (Phi) is 5.44. The second-order valence-electron chi connectivity index (χ2n) is 4.55. The molecule has 1 aromatic rings. The van der Waals surface area contributed by atoms with Crippen LogP contribution in [0.25, 0.3) is 0 Å². The van der Waals surface area contributed by atoms with Gasteiger partial charge in [0, 0.05) is 5.92 Å². The number of hydrogen-bond donors (Lipinski definition) is 1. The second kappa shape index (κ2) is 6.45. The SMILES string of the molecule is C[C@@H](C(=O)CS(N)(=O)=O)c1ccc(OS(=O)(=O)C(F)(F)F)cc1. The highest BCUT2D eigenvalue weighted by Crippen LogP contribution is 2.28. The highest BCUT2D eigenvalue weighted by molar-refractivity contribution is 7.89. The summed E-state index contributed by atoms with van der Waals surface area (Å²) in [5, 5.41) is 4.74. The molecule has 130 valence electrons. The molecule has 0 bridgehead atoms. The Morgan fingerprint density at radius 1 is 1.17 bits per heavy atom. The quantitative estimate of drug-likeness (QED) is 0.582. The molecule has 0 unspecified atom stereocenters. The van der Waals surface area contributed by atoms with Gasteiger partial charge >= 0.3 is 15.6 Å². The summed E-state index contributed by atoms with van der Waals surface area (Å²) >= 11 is 0. The van der Waals surface area contributed by atoms with Crippen LogP contribution in [0.1, 0.15) is 18.4 Å². The molecular formula is C11H12F3NO6S2. The van der Waals surface area contributed by atoms with Crippen molar-refractivity contribution in [2.45, 2.75) is 18.3 Å². The number of primary sulfonamides is 1. The maximum absolute atomic E-state index is 12.2. The summed E-state index contributed by atoms with van der Waals surface area (Å²) in [6.07, 6.45) is 0. The number of Topliss-reactive ketones (excluding diaryl/α,β-unsaturated/α-hetero) is 1. The molecule has 23 heavy (non-hydrogen) atoms. The van der Waals surface area contributed by atoms with E-state index in [4.69, 9.17) is 5.14 Å². The summed E-state index contributed by atoms with van der Waals surface area (Å²) in [6, 6.07) is 4.12. The van der Waals surface area contributed by atoms with E-state index in [0.717, 1.165) is 24.3 Å². The molecule has 0 aliphatic heterocycles. The molecule has 0 saturated carbocycles. The molecule has 1 atom stereocenters. The van der Waals surface area contributed by atoms with E-state index in [-0.39, 0.29) is 5.56 Å². The average molecular weight is 375 g/mol. The Bertz CT molecular complexity index is 784. The third kappa shape index (κ3) is 5.48. The lowest BCUT2D eigenvalue weighted by atomic mass is 9.98. The molecule has 0 aliphatic carbocycles. The van der Waals surface area contributed by atoms with Crippen LogP contribution in [0.2, 0.25) is 0 Å². The van der Waals surface area contributed by atoms with Crippen molar-refractivity contribution in [3.05, 3.63) is 29.8 Å². The van der Waals surface area contributed by atoms with E-state index in [2.05, 4.69) is 4.18 Å². The lowest BCUT2D eigenvalue weighted by Gasteiger charge is -2.12. The van der Waals surface area contributed by atoms with Crippen LogP contribution in [-0.4, -0.2) is 33.9 Å². The molecule has 2 N–H and O–H groups in total. The summed E-state index contributed by atoms with van der Waals surface area (Å²) in [7, 11) is -9.79. The number of carbonyl (C=O) groups is 1. The van der Waals surface area contributed by atoms with E-state index in [9.17, 15) is 34.8 Å². The number of halogens is 3.